The molecule has 0 N–H and O–H groups in total. The van der Waals surface area contributed by atoms with Crippen LogP contribution < -0.4 is 0 Å². The first-order valence-corrected chi connectivity index (χ1v) is 5.11. The summed E-state index contributed by atoms with van der Waals surface area (Å²) in [7, 11) is 4.21. The van der Waals surface area contributed by atoms with E-state index in [-0.39, 0.29) is 6.29 Å². The van der Waals surface area contributed by atoms with Crippen LogP contribution in [0.25, 0.3) is 0 Å². The highest BCUT2D eigenvalue weighted by atomic mass is 127. The van der Waals surface area contributed by atoms with Gasteiger partial charge in [0.25, 0.3) is 0 Å². The van der Waals surface area contributed by atoms with Crippen molar-refractivity contribution in [2.24, 2.45) is 0 Å². The third kappa shape index (κ3) is 2.83. The second-order valence-corrected chi connectivity index (χ2v) is 4.06. The van der Waals surface area contributed by atoms with E-state index in [4.69, 9.17) is 7.80 Å². The van der Waals surface area contributed by atoms with Crippen LogP contribution in [0.3, 0.4) is 0 Å². The molecule has 1 aliphatic heterocycles. The number of ether oxygens (including phenoxy) is 1. The fourth-order valence-electron chi connectivity index (χ4n) is 1.55. The van der Waals surface area contributed by atoms with E-state index in [2.05, 4.69) is 25.9 Å². The minimum atomic E-state index is -0.0262. The van der Waals surface area contributed by atoms with Crippen molar-refractivity contribution in [1.82, 2.24) is 4.90 Å². The Kier molecular flexibility index (Phi) is 4.22. The zero-order chi connectivity index (χ0) is 9.14. The topological polar surface area (TPSA) is 21.7 Å². The minimum Gasteiger partial charge on any atom is -0.349 e. The van der Waals surface area contributed by atoms with Crippen molar-refractivity contribution in [3.63, 3.8) is 0 Å². The highest BCUT2D eigenvalue weighted by Gasteiger charge is 2.28. The van der Waals surface area contributed by atoms with Crippen molar-refractivity contribution >= 4 is 23.0 Å². The number of halogens is 1. The van der Waals surface area contributed by atoms with Gasteiger partial charge in [0, 0.05) is 12.5 Å². The molecule has 0 saturated carbocycles. The van der Waals surface area contributed by atoms with Crippen LogP contribution in [0.15, 0.2) is 0 Å². The summed E-state index contributed by atoms with van der Waals surface area (Å²) in [4.78, 5) is 2.24. The summed E-state index contributed by atoms with van der Waals surface area (Å²) in [6.07, 6.45) is 2.36. The average Bonchev–Trinajstić information content (AvgIpc) is 2.03. The minimum absolute atomic E-state index is 0.0262. The van der Waals surface area contributed by atoms with E-state index in [0.29, 0.717) is 12.1 Å². The Morgan fingerprint density at radius 1 is 1.42 bits per heavy atom. The molecule has 0 aromatic heterocycles. The van der Waals surface area contributed by atoms with Crippen molar-refractivity contribution in [3.05, 3.63) is 0 Å². The number of nitrogens with zero attached hydrogens (tertiary/aromatic N) is 1. The lowest BCUT2D eigenvalue weighted by Gasteiger charge is -2.35. The second-order valence-electron chi connectivity index (χ2n) is 3.55. The third-order valence-corrected chi connectivity index (χ3v) is 2.85. The van der Waals surface area contributed by atoms with Crippen LogP contribution in [-0.4, -0.2) is 37.4 Å². The molecule has 0 spiro atoms. The van der Waals surface area contributed by atoms with E-state index < -0.39 is 0 Å². The molecule has 1 rings (SSSR count). The Morgan fingerprint density at radius 2 is 2.08 bits per heavy atom. The van der Waals surface area contributed by atoms with Gasteiger partial charge in [-0.15, -0.1) is 0 Å². The molecule has 0 aromatic carbocycles. The van der Waals surface area contributed by atoms with Gasteiger partial charge in [-0.2, -0.15) is 0 Å². The summed E-state index contributed by atoms with van der Waals surface area (Å²) in [5.41, 5.74) is 0. The molecule has 0 amide bonds. The van der Waals surface area contributed by atoms with Gasteiger partial charge in [-0.3, -0.25) is 3.07 Å². The maximum atomic E-state index is 5.56. The first-order valence-electron chi connectivity index (χ1n) is 4.22. The molecule has 12 heavy (non-hydrogen) atoms. The van der Waals surface area contributed by atoms with Crippen LogP contribution >= 0.6 is 23.0 Å². The van der Waals surface area contributed by atoms with Gasteiger partial charge in [0.05, 0.1) is 6.10 Å². The molecule has 1 heterocycles. The first kappa shape index (κ1) is 10.7. The van der Waals surface area contributed by atoms with Crippen LogP contribution in [-0.2, 0) is 7.80 Å². The van der Waals surface area contributed by atoms with Crippen molar-refractivity contribution < 1.29 is 7.80 Å². The molecule has 1 fully saturated rings. The Balaban J connectivity index is 2.45. The summed E-state index contributed by atoms with van der Waals surface area (Å²) < 4.78 is 10.7. The Hall–Kier alpha value is 0.610. The average molecular weight is 285 g/mol. The number of rotatable bonds is 2. The van der Waals surface area contributed by atoms with Crippen molar-refractivity contribution in [2.75, 3.05) is 14.1 Å². The van der Waals surface area contributed by atoms with Crippen molar-refractivity contribution in [3.8, 4) is 0 Å². The molecule has 72 valence electrons. The molecular weight excluding hydrogens is 269 g/mol. The predicted molar refractivity (Wildman–Crippen MR) is 56.1 cm³/mol. The fourth-order valence-corrected chi connectivity index (χ4v) is 1.88. The summed E-state index contributed by atoms with van der Waals surface area (Å²) in [6.45, 7) is 2.10. The van der Waals surface area contributed by atoms with E-state index in [1.807, 2.05) is 23.0 Å². The lowest BCUT2D eigenvalue weighted by Crippen LogP contribution is -2.41. The molecule has 0 aliphatic carbocycles. The lowest BCUT2D eigenvalue weighted by atomic mass is 10.0. The molecule has 0 aromatic rings. The van der Waals surface area contributed by atoms with Gasteiger partial charge in [0.15, 0.2) is 6.29 Å². The maximum absolute atomic E-state index is 5.56. The van der Waals surface area contributed by atoms with Gasteiger partial charge in [0.2, 0.25) is 0 Å². The number of hydrogen-bond donors (Lipinski definition) is 0. The normalized spacial score (nSPS) is 37.2. The second kappa shape index (κ2) is 4.74. The van der Waals surface area contributed by atoms with Crippen LogP contribution in [0.5, 0.6) is 0 Å². The predicted octanol–water partition coefficient (Wildman–Crippen LogP) is 1.81. The molecule has 3 nitrogen and oxygen atoms in total. The standard InChI is InChI=1S/C8H16INO2/c1-6-4-7(10(2)3)5-8(11-6)12-9/h6-8H,4-5H2,1-3H3/t6-,7+,8+/m1/s1. The van der Waals surface area contributed by atoms with Gasteiger partial charge < -0.3 is 9.64 Å². The summed E-state index contributed by atoms with van der Waals surface area (Å²) in [5, 5.41) is 0. The molecule has 0 bridgehead atoms. The fraction of sp³-hybridized carbons (Fsp3) is 1.00. The van der Waals surface area contributed by atoms with E-state index in [1.54, 1.807) is 0 Å². The van der Waals surface area contributed by atoms with E-state index in [1.165, 1.54) is 0 Å². The lowest BCUT2D eigenvalue weighted by molar-refractivity contribution is -0.141. The van der Waals surface area contributed by atoms with Crippen molar-refractivity contribution in [2.45, 2.75) is 38.2 Å². The van der Waals surface area contributed by atoms with Gasteiger partial charge in [-0.05, 0) is 27.4 Å². The molecule has 3 atom stereocenters. The van der Waals surface area contributed by atoms with Gasteiger partial charge in [-0.1, -0.05) is 0 Å². The summed E-state index contributed by atoms with van der Waals surface area (Å²) in [5.74, 6) is 0. The Labute approximate surface area is 88.1 Å². The van der Waals surface area contributed by atoms with Crippen LogP contribution in [0.1, 0.15) is 19.8 Å². The Bertz CT molecular complexity index is 143. The quantitative estimate of drug-likeness (QED) is 0.722. The third-order valence-electron chi connectivity index (χ3n) is 2.28. The zero-order valence-corrected chi connectivity index (χ0v) is 9.95. The van der Waals surface area contributed by atoms with E-state index >= 15 is 0 Å². The van der Waals surface area contributed by atoms with Crippen LogP contribution in [0.2, 0.25) is 0 Å². The van der Waals surface area contributed by atoms with Crippen molar-refractivity contribution in [1.29, 1.82) is 0 Å². The van der Waals surface area contributed by atoms with Gasteiger partial charge >= 0.3 is 0 Å². The largest absolute Gasteiger partial charge is 0.349 e. The van der Waals surface area contributed by atoms with Gasteiger partial charge in [0.1, 0.15) is 23.0 Å². The van der Waals surface area contributed by atoms with Crippen LogP contribution in [0.4, 0.5) is 0 Å². The molecule has 0 unspecified atom stereocenters. The maximum Gasteiger partial charge on any atom is 0.170 e. The number of hydrogen-bond acceptors (Lipinski definition) is 3. The first-order chi connectivity index (χ1) is 5.63. The molecular formula is C8H16INO2. The molecule has 4 heteroatoms. The Morgan fingerprint density at radius 3 is 2.58 bits per heavy atom. The van der Waals surface area contributed by atoms with E-state index in [9.17, 15) is 0 Å². The highest BCUT2D eigenvalue weighted by molar-refractivity contribution is 14.1. The van der Waals surface area contributed by atoms with Gasteiger partial charge in [-0.25, -0.2) is 0 Å². The smallest absolute Gasteiger partial charge is 0.170 e. The SMILES string of the molecule is C[C@@H]1C[C@H](N(C)C)C[C@H](OI)O1. The monoisotopic (exact) mass is 285 g/mol. The molecule has 1 saturated heterocycles. The highest BCUT2D eigenvalue weighted by Crippen LogP contribution is 2.24. The van der Waals surface area contributed by atoms with Crippen LogP contribution in [0, 0.1) is 0 Å². The zero-order valence-electron chi connectivity index (χ0n) is 7.79. The van der Waals surface area contributed by atoms with E-state index in [0.717, 1.165) is 12.8 Å². The summed E-state index contributed by atoms with van der Waals surface area (Å²) in [6, 6.07) is 0.591. The summed E-state index contributed by atoms with van der Waals surface area (Å²) >= 11 is 1.91. The molecule has 1 aliphatic rings. The molecule has 0 radical (unpaired) electrons.